The SMILES string of the molecule is Cc1noc(C)c1S(=O)(=O)N1CCC([C@H](C)C(=O)NCCCN2CCOCC2)CC1. The lowest BCUT2D eigenvalue weighted by Crippen LogP contribution is -2.43. The van der Waals surface area contributed by atoms with Crippen LogP contribution in [0, 0.1) is 25.7 Å². The topological polar surface area (TPSA) is 105 Å². The zero-order chi connectivity index (χ0) is 21.7. The number of amides is 1. The van der Waals surface area contributed by atoms with E-state index in [0.29, 0.717) is 43.9 Å². The molecule has 0 aliphatic carbocycles. The summed E-state index contributed by atoms with van der Waals surface area (Å²) >= 11 is 0. The van der Waals surface area contributed by atoms with Gasteiger partial charge in [-0.3, -0.25) is 9.69 Å². The van der Waals surface area contributed by atoms with E-state index in [-0.39, 0.29) is 22.6 Å². The second-order valence-corrected chi connectivity index (χ2v) is 10.2. The molecule has 2 fully saturated rings. The highest BCUT2D eigenvalue weighted by Crippen LogP contribution is 2.30. The molecular weight excluding hydrogens is 408 g/mol. The van der Waals surface area contributed by atoms with Gasteiger partial charge in [-0.1, -0.05) is 12.1 Å². The number of rotatable bonds is 8. The number of carbonyl (C=O) groups is 1. The number of hydrogen-bond donors (Lipinski definition) is 1. The van der Waals surface area contributed by atoms with Crippen molar-refractivity contribution in [3.63, 3.8) is 0 Å². The van der Waals surface area contributed by atoms with Crippen molar-refractivity contribution in [1.82, 2.24) is 19.7 Å². The Labute approximate surface area is 179 Å². The van der Waals surface area contributed by atoms with Gasteiger partial charge in [0.05, 0.1) is 13.2 Å². The molecular formula is C20H34N4O5S. The van der Waals surface area contributed by atoms with Crippen LogP contribution in [0.3, 0.4) is 0 Å². The molecule has 0 radical (unpaired) electrons. The molecule has 30 heavy (non-hydrogen) atoms. The van der Waals surface area contributed by atoms with Gasteiger partial charge in [0, 0.05) is 38.6 Å². The molecule has 2 aliphatic heterocycles. The zero-order valence-electron chi connectivity index (χ0n) is 18.2. The Kier molecular flexibility index (Phi) is 7.89. The molecule has 0 bridgehead atoms. The Hall–Kier alpha value is -1.49. The average molecular weight is 443 g/mol. The van der Waals surface area contributed by atoms with E-state index in [0.717, 1.165) is 39.3 Å². The van der Waals surface area contributed by atoms with Gasteiger partial charge in [-0.25, -0.2) is 8.42 Å². The number of ether oxygens (including phenoxy) is 1. The van der Waals surface area contributed by atoms with Gasteiger partial charge in [-0.15, -0.1) is 0 Å². The van der Waals surface area contributed by atoms with Gasteiger partial charge in [0.15, 0.2) is 5.76 Å². The van der Waals surface area contributed by atoms with Crippen LogP contribution in [0.1, 0.15) is 37.6 Å². The zero-order valence-corrected chi connectivity index (χ0v) is 19.0. The predicted molar refractivity (Wildman–Crippen MR) is 112 cm³/mol. The molecule has 0 aromatic carbocycles. The van der Waals surface area contributed by atoms with Crippen LogP contribution in [-0.4, -0.2) is 81.2 Å². The van der Waals surface area contributed by atoms with E-state index in [4.69, 9.17) is 9.26 Å². The normalized spacial score (nSPS) is 20.9. The Morgan fingerprint density at radius 3 is 2.47 bits per heavy atom. The van der Waals surface area contributed by atoms with E-state index in [1.54, 1.807) is 13.8 Å². The lowest BCUT2D eigenvalue weighted by molar-refractivity contribution is -0.126. The van der Waals surface area contributed by atoms with E-state index in [1.807, 2.05) is 6.92 Å². The first-order valence-electron chi connectivity index (χ1n) is 10.8. The van der Waals surface area contributed by atoms with Gasteiger partial charge < -0.3 is 14.6 Å². The Bertz CT molecular complexity index is 792. The largest absolute Gasteiger partial charge is 0.379 e. The number of hydrogen-bond acceptors (Lipinski definition) is 7. The van der Waals surface area contributed by atoms with E-state index in [1.165, 1.54) is 4.31 Å². The fraction of sp³-hybridized carbons (Fsp3) is 0.800. The van der Waals surface area contributed by atoms with Crippen LogP contribution in [0.4, 0.5) is 0 Å². The van der Waals surface area contributed by atoms with Crippen molar-refractivity contribution in [2.75, 3.05) is 52.5 Å². The third kappa shape index (κ3) is 5.40. The fourth-order valence-corrected chi connectivity index (χ4v) is 6.06. The summed E-state index contributed by atoms with van der Waals surface area (Å²) < 4.78 is 37.7. The molecule has 10 heteroatoms. The van der Waals surface area contributed by atoms with Crippen molar-refractivity contribution in [3.8, 4) is 0 Å². The van der Waals surface area contributed by atoms with Gasteiger partial charge in [-0.05, 0) is 45.6 Å². The summed E-state index contributed by atoms with van der Waals surface area (Å²) in [4.78, 5) is 15.1. The summed E-state index contributed by atoms with van der Waals surface area (Å²) in [7, 11) is -3.61. The summed E-state index contributed by atoms with van der Waals surface area (Å²) in [6, 6.07) is 0. The lowest BCUT2D eigenvalue weighted by atomic mass is 9.85. The van der Waals surface area contributed by atoms with Gasteiger partial charge >= 0.3 is 0 Å². The molecule has 170 valence electrons. The Morgan fingerprint density at radius 2 is 1.87 bits per heavy atom. The highest BCUT2D eigenvalue weighted by molar-refractivity contribution is 7.89. The van der Waals surface area contributed by atoms with Gasteiger partial charge in [0.1, 0.15) is 10.6 Å². The molecule has 1 amide bonds. The molecule has 3 rings (SSSR count). The first kappa shape index (κ1) is 23.2. The van der Waals surface area contributed by atoms with E-state index < -0.39 is 10.0 Å². The Balaban J connectivity index is 1.43. The monoisotopic (exact) mass is 442 g/mol. The number of nitrogens with one attached hydrogen (secondary N) is 1. The smallest absolute Gasteiger partial charge is 0.248 e. The van der Waals surface area contributed by atoms with Crippen LogP contribution >= 0.6 is 0 Å². The van der Waals surface area contributed by atoms with Crippen LogP contribution in [-0.2, 0) is 19.6 Å². The van der Waals surface area contributed by atoms with Crippen LogP contribution in [0.5, 0.6) is 0 Å². The summed E-state index contributed by atoms with van der Waals surface area (Å²) in [5, 5.41) is 6.81. The van der Waals surface area contributed by atoms with E-state index in [9.17, 15) is 13.2 Å². The average Bonchev–Trinajstić information content (AvgIpc) is 3.10. The van der Waals surface area contributed by atoms with Crippen molar-refractivity contribution >= 4 is 15.9 Å². The van der Waals surface area contributed by atoms with Crippen molar-refractivity contribution in [2.24, 2.45) is 11.8 Å². The molecule has 9 nitrogen and oxygen atoms in total. The maximum absolute atomic E-state index is 12.9. The number of aryl methyl sites for hydroxylation is 2. The third-order valence-corrected chi connectivity index (χ3v) is 8.38. The maximum atomic E-state index is 12.9. The Morgan fingerprint density at radius 1 is 1.20 bits per heavy atom. The molecule has 0 saturated carbocycles. The van der Waals surface area contributed by atoms with Crippen molar-refractivity contribution < 1.29 is 22.5 Å². The van der Waals surface area contributed by atoms with Crippen LogP contribution in [0.15, 0.2) is 9.42 Å². The standard InChI is InChI=1S/C20H34N4O5S/c1-15(20(25)21-7-4-8-23-11-13-28-14-12-23)18-5-9-24(10-6-18)30(26,27)19-16(2)22-29-17(19)3/h15,18H,4-14H2,1-3H3,(H,21,25)/t15-/m0/s1. The summed E-state index contributed by atoms with van der Waals surface area (Å²) in [5.41, 5.74) is 0.388. The quantitative estimate of drug-likeness (QED) is 0.603. The van der Waals surface area contributed by atoms with E-state index >= 15 is 0 Å². The predicted octanol–water partition coefficient (Wildman–Crippen LogP) is 1.17. The maximum Gasteiger partial charge on any atom is 0.248 e. The van der Waals surface area contributed by atoms with Gasteiger partial charge in [0.25, 0.3) is 0 Å². The van der Waals surface area contributed by atoms with E-state index in [2.05, 4.69) is 15.4 Å². The molecule has 1 aromatic rings. The van der Waals surface area contributed by atoms with Gasteiger partial charge in [-0.2, -0.15) is 4.31 Å². The molecule has 1 aromatic heterocycles. The molecule has 2 aliphatic rings. The molecule has 2 saturated heterocycles. The van der Waals surface area contributed by atoms with Crippen LogP contribution < -0.4 is 5.32 Å². The van der Waals surface area contributed by atoms with Crippen LogP contribution in [0.25, 0.3) is 0 Å². The summed E-state index contributed by atoms with van der Waals surface area (Å²) in [6.45, 7) is 11.1. The first-order chi connectivity index (χ1) is 14.3. The molecule has 1 N–H and O–H groups in total. The minimum atomic E-state index is -3.61. The molecule has 0 spiro atoms. The molecule has 3 heterocycles. The summed E-state index contributed by atoms with van der Waals surface area (Å²) in [6.07, 6.45) is 2.27. The molecule has 1 atom stereocenters. The van der Waals surface area contributed by atoms with Crippen molar-refractivity contribution in [1.29, 1.82) is 0 Å². The number of aromatic nitrogens is 1. The van der Waals surface area contributed by atoms with Crippen molar-refractivity contribution in [2.45, 2.75) is 44.9 Å². The number of piperidine rings is 1. The fourth-order valence-electron chi connectivity index (χ4n) is 4.30. The highest BCUT2D eigenvalue weighted by atomic mass is 32.2. The number of carbonyl (C=O) groups excluding carboxylic acids is 1. The molecule has 0 unspecified atom stereocenters. The number of sulfonamides is 1. The lowest BCUT2D eigenvalue weighted by Gasteiger charge is -2.33. The second kappa shape index (κ2) is 10.2. The third-order valence-electron chi connectivity index (χ3n) is 6.24. The van der Waals surface area contributed by atoms with Crippen LogP contribution in [0.2, 0.25) is 0 Å². The first-order valence-corrected chi connectivity index (χ1v) is 12.3. The second-order valence-electron chi connectivity index (χ2n) is 8.28. The van der Waals surface area contributed by atoms with Crippen molar-refractivity contribution in [3.05, 3.63) is 11.5 Å². The number of nitrogens with zero attached hydrogens (tertiary/aromatic N) is 3. The highest BCUT2D eigenvalue weighted by Gasteiger charge is 2.36. The summed E-state index contributed by atoms with van der Waals surface area (Å²) in [5.74, 6) is 0.432. The number of morpholine rings is 1. The minimum absolute atomic E-state index is 0.0593. The minimum Gasteiger partial charge on any atom is -0.379 e. The van der Waals surface area contributed by atoms with Gasteiger partial charge in [0.2, 0.25) is 15.9 Å².